The highest BCUT2D eigenvalue weighted by Gasteiger charge is 2.20. The molecule has 1 aromatic carbocycles. The first kappa shape index (κ1) is 18.7. The molecule has 0 amide bonds. The lowest BCUT2D eigenvalue weighted by Gasteiger charge is -2.35. The van der Waals surface area contributed by atoms with E-state index in [9.17, 15) is 8.42 Å². The summed E-state index contributed by atoms with van der Waals surface area (Å²) >= 11 is 5.89. The zero-order valence-electron chi connectivity index (χ0n) is 13.8. The second kappa shape index (κ2) is 9.02. The van der Waals surface area contributed by atoms with Crippen molar-refractivity contribution in [3.05, 3.63) is 34.9 Å². The largest absolute Gasteiger partial charge is 0.300 e. The molecule has 0 spiro atoms. The van der Waals surface area contributed by atoms with Gasteiger partial charge in [-0.15, -0.1) is 0 Å². The highest BCUT2D eigenvalue weighted by atomic mass is 35.5. The van der Waals surface area contributed by atoms with Crippen LogP contribution in [0.25, 0.3) is 0 Å². The number of nitrogens with zero attached hydrogens (tertiary/aromatic N) is 1. The smallest absolute Gasteiger partial charge is 0.215 e. The van der Waals surface area contributed by atoms with Gasteiger partial charge in [-0.2, -0.15) is 0 Å². The Labute approximate surface area is 145 Å². The van der Waals surface area contributed by atoms with Gasteiger partial charge in [-0.05, 0) is 56.5 Å². The van der Waals surface area contributed by atoms with Crippen LogP contribution in [0.3, 0.4) is 0 Å². The summed E-state index contributed by atoms with van der Waals surface area (Å²) in [6.07, 6.45) is 5.89. The summed E-state index contributed by atoms with van der Waals surface area (Å²) in [5.41, 5.74) is 0.715. The summed E-state index contributed by atoms with van der Waals surface area (Å²) in [6.45, 7) is 4.85. The number of likely N-dealkylation sites (tertiary alicyclic amines) is 1. The van der Waals surface area contributed by atoms with Gasteiger partial charge in [-0.1, -0.05) is 37.1 Å². The number of rotatable bonds is 8. The number of benzene rings is 1. The Balaban J connectivity index is 1.74. The van der Waals surface area contributed by atoms with E-state index in [0.717, 1.165) is 19.5 Å². The van der Waals surface area contributed by atoms with Crippen molar-refractivity contribution >= 4 is 21.6 Å². The number of halogens is 1. The SMILES string of the molecule is CCC1CCCCN1CCCNS(=O)(=O)Cc1cccc(Cl)c1. The lowest BCUT2D eigenvalue weighted by molar-refractivity contribution is 0.143. The Morgan fingerprint density at radius 2 is 2.17 bits per heavy atom. The summed E-state index contributed by atoms with van der Waals surface area (Å²) in [7, 11) is -3.30. The maximum atomic E-state index is 12.1. The third-order valence-corrected chi connectivity index (χ3v) is 6.00. The minimum absolute atomic E-state index is 0.0190. The van der Waals surface area contributed by atoms with Gasteiger partial charge in [0.15, 0.2) is 0 Å². The van der Waals surface area contributed by atoms with Gasteiger partial charge < -0.3 is 4.90 Å². The molecule has 130 valence electrons. The van der Waals surface area contributed by atoms with Crippen molar-refractivity contribution in [2.75, 3.05) is 19.6 Å². The highest BCUT2D eigenvalue weighted by Crippen LogP contribution is 2.19. The van der Waals surface area contributed by atoms with Gasteiger partial charge in [0.05, 0.1) is 5.75 Å². The van der Waals surface area contributed by atoms with Gasteiger partial charge >= 0.3 is 0 Å². The minimum Gasteiger partial charge on any atom is -0.300 e. The van der Waals surface area contributed by atoms with Crippen LogP contribution in [-0.4, -0.2) is 39.0 Å². The van der Waals surface area contributed by atoms with Crippen LogP contribution in [0.15, 0.2) is 24.3 Å². The molecule has 1 atom stereocenters. The second-order valence-electron chi connectivity index (χ2n) is 6.23. The van der Waals surface area contributed by atoms with Gasteiger partial charge in [-0.3, -0.25) is 0 Å². The van der Waals surface area contributed by atoms with Crippen molar-refractivity contribution in [3.63, 3.8) is 0 Å². The van der Waals surface area contributed by atoms with Crippen molar-refractivity contribution in [1.29, 1.82) is 0 Å². The zero-order valence-corrected chi connectivity index (χ0v) is 15.4. The molecular formula is C17H27ClN2O2S. The van der Waals surface area contributed by atoms with E-state index < -0.39 is 10.0 Å². The fourth-order valence-electron chi connectivity index (χ4n) is 3.22. The average molecular weight is 359 g/mol. The molecule has 1 fully saturated rings. The van der Waals surface area contributed by atoms with Crippen LogP contribution in [0.2, 0.25) is 5.02 Å². The first-order valence-corrected chi connectivity index (χ1v) is 10.5. The van der Waals surface area contributed by atoms with E-state index in [1.165, 1.54) is 25.7 Å². The molecule has 0 aliphatic carbocycles. The molecule has 6 heteroatoms. The predicted molar refractivity (Wildman–Crippen MR) is 96.2 cm³/mol. The normalized spacial score (nSPS) is 19.8. The molecule has 0 aromatic heterocycles. The summed E-state index contributed by atoms with van der Waals surface area (Å²) in [5.74, 6) is -0.0190. The Morgan fingerprint density at radius 1 is 1.35 bits per heavy atom. The summed E-state index contributed by atoms with van der Waals surface area (Å²) in [5, 5.41) is 0.563. The molecule has 1 unspecified atom stereocenters. The van der Waals surface area contributed by atoms with Gasteiger partial charge in [0.25, 0.3) is 0 Å². The molecule has 0 bridgehead atoms. The predicted octanol–water partition coefficient (Wildman–Crippen LogP) is 3.41. The molecule has 2 rings (SSSR count). The van der Waals surface area contributed by atoms with Crippen molar-refractivity contribution in [2.24, 2.45) is 0 Å². The van der Waals surface area contributed by atoms with Crippen molar-refractivity contribution in [2.45, 2.75) is 50.8 Å². The van der Waals surface area contributed by atoms with Gasteiger partial charge in [0, 0.05) is 17.6 Å². The average Bonchev–Trinajstić information content (AvgIpc) is 2.51. The summed E-state index contributed by atoms with van der Waals surface area (Å²) in [6, 6.07) is 7.67. The number of piperidine rings is 1. The van der Waals surface area contributed by atoms with Gasteiger partial charge in [0.2, 0.25) is 10.0 Å². The molecular weight excluding hydrogens is 332 g/mol. The Morgan fingerprint density at radius 3 is 2.91 bits per heavy atom. The number of hydrogen-bond donors (Lipinski definition) is 1. The molecule has 23 heavy (non-hydrogen) atoms. The second-order valence-corrected chi connectivity index (χ2v) is 8.47. The van der Waals surface area contributed by atoms with Crippen LogP contribution >= 0.6 is 11.6 Å². The molecule has 0 radical (unpaired) electrons. The fraction of sp³-hybridized carbons (Fsp3) is 0.647. The van der Waals surface area contributed by atoms with Crippen LogP contribution in [0.4, 0.5) is 0 Å². The molecule has 1 N–H and O–H groups in total. The fourth-order valence-corrected chi connectivity index (χ4v) is 4.61. The van der Waals surface area contributed by atoms with Crippen molar-refractivity contribution < 1.29 is 8.42 Å². The summed E-state index contributed by atoms with van der Waals surface area (Å²) < 4.78 is 26.9. The van der Waals surface area contributed by atoms with E-state index in [1.54, 1.807) is 24.3 Å². The maximum Gasteiger partial charge on any atom is 0.215 e. The van der Waals surface area contributed by atoms with Crippen LogP contribution in [-0.2, 0) is 15.8 Å². The van der Waals surface area contributed by atoms with Gasteiger partial charge in [0.1, 0.15) is 0 Å². The van der Waals surface area contributed by atoms with E-state index in [-0.39, 0.29) is 5.75 Å². The maximum absolute atomic E-state index is 12.1. The molecule has 1 heterocycles. The quantitative estimate of drug-likeness (QED) is 0.724. The van der Waals surface area contributed by atoms with Crippen LogP contribution in [0.5, 0.6) is 0 Å². The van der Waals surface area contributed by atoms with E-state index in [0.29, 0.717) is 23.2 Å². The standard InChI is InChI=1S/C17H27ClN2O2S/c1-2-17-9-3-4-11-20(17)12-6-10-19-23(21,22)14-15-7-5-8-16(18)13-15/h5,7-8,13,17,19H,2-4,6,9-12,14H2,1H3. The third-order valence-electron chi connectivity index (χ3n) is 4.41. The van der Waals surface area contributed by atoms with Crippen LogP contribution in [0.1, 0.15) is 44.6 Å². The molecule has 0 saturated carbocycles. The van der Waals surface area contributed by atoms with Crippen molar-refractivity contribution in [1.82, 2.24) is 9.62 Å². The first-order chi connectivity index (χ1) is 11.0. The lowest BCUT2D eigenvalue weighted by atomic mass is 10.00. The zero-order chi connectivity index (χ0) is 16.7. The summed E-state index contributed by atoms with van der Waals surface area (Å²) in [4.78, 5) is 2.51. The Hall–Kier alpha value is -0.620. The van der Waals surface area contributed by atoms with E-state index >= 15 is 0 Å². The number of hydrogen-bond acceptors (Lipinski definition) is 3. The third kappa shape index (κ3) is 6.42. The lowest BCUT2D eigenvalue weighted by Crippen LogP contribution is -2.40. The highest BCUT2D eigenvalue weighted by molar-refractivity contribution is 7.88. The molecule has 1 saturated heterocycles. The van der Waals surface area contributed by atoms with Crippen LogP contribution < -0.4 is 4.72 Å². The number of sulfonamides is 1. The molecule has 1 aliphatic rings. The van der Waals surface area contributed by atoms with Crippen LogP contribution in [0, 0.1) is 0 Å². The van der Waals surface area contributed by atoms with Crippen molar-refractivity contribution in [3.8, 4) is 0 Å². The number of nitrogens with one attached hydrogen (secondary N) is 1. The van der Waals surface area contributed by atoms with Gasteiger partial charge in [-0.25, -0.2) is 13.1 Å². The Bertz CT molecular complexity index is 592. The molecule has 4 nitrogen and oxygen atoms in total. The molecule has 1 aromatic rings. The van der Waals surface area contributed by atoms with E-state index in [1.807, 2.05) is 0 Å². The topological polar surface area (TPSA) is 49.4 Å². The first-order valence-electron chi connectivity index (χ1n) is 8.46. The van der Waals surface area contributed by atoms with E-state index in [4.69, 9.17) is 11.6 Å². The molecule has 1 aliphatic heterocycles. The monoisotopic (exact) mass is 358 g/mol. The minimum atomic E-state index is -3.30. The Kier molecular flexibility index (Phi) is 7.34. The van der Waals surface area contributed by atoms with E-state index in [2.05, 4.69) is 16.5 Å².